The van der Waals surface area contributed by atoms with Crippen molar-refractivity contribution in [2.24, 2.45) is 10.7 Å². The van der Waals surface area contributed by atoms with Crippen molar-refractivity contribution in [2.75, 3.05) is 13.7 Å². The molecule has 2 aliphatic carbocycles. The predicted molar refractivity (Wildman–Crippen MR) is 63.3 cm³/mol. The molecule has 0 bridgehead atoms. The molecule has 0 aromatic carbocycles. The summed E-state index contributed by atoms with van der Waals surface area (Å²) < 4.78 is 5.71. The van der Waals surface area contributed by atoms with Gasteiger partial charge in [0.05, 0.1) is 18.2 Å². The molecule has 1 aliphatic heterocycles. The van der Waals surface area contributed by atoms with Gasteiger partial charge >= 0.3 is 0 Å². The maximum atomic E-state index is 6.06. The lowest BCUT2D eigenvalue weighted by molar-refractivity contribution is -0.0443. The number of nitrogens with zero attached hydrogens (tertiary/aromatic N) is 2. The van der Waals surface area contributed by atoms with Crippen LogP contribution in [0.25, 0.3) is 0 Å². The molecule has 0 saturated heterocycles. The van der Waals surface area contributed by atoms with Gasteiger partial charge in [0, 0.05) is 13.2 Å². The summed E-state index contributed by atoms with van der Waals surface area (Å²) in [6.45, 7) is 0.841. The Balaban J connectivity index is 1.89. The fourth-order valence-corrected chi connectivity index (χ4v) is 3.47. The van der Waals surface area contributed by atoms with E-state index >= 15 is 0 Å². The molecule has 0 amide bonds. The van der Waals surface area contributed by atoms with Gasteiger partial charge in [-0.1, -0.05) is 12.8 Å². The molecule has 3 aliphatic rings. The van der Waals surface area contributed by atoms with Crippen LogP contribution in [0.15, 0.2) is 4.99 Å². The third-order valence-electron chi connectivity index (χ3n) is 4.36. The Morgan fingerprint density at radius 2 is 2.19 bits per heavy atom. The number of ether oxygens (including phenoxy) is 1. The number of rotatable bonds is 2. The second-order valence-electron chi connectivity index (χ2n) is 5.35. The summed E-state index contributed by atoms with van der Waals surface area (Å²) in [4.78, 5) is 6.88. The molecule has 1 heterocycles. The molecule has 2 unspecified atom stereocenters. The molecule has 3 rings (SSSR count). The molecular formula is C12H21N3O. The van der Waals surface area contributed by atoms with Crippen molar-refractivity contribution in [3.8, 4) is 0 Å². The average molecular weight is 223 g/mol. The topological polar surface area (TPSA) is 50.9 Å². The second-order valence-corrected chi connectivity index (χ2v) is 5.35. The summed E-state index contributed by atoms with van der Waals surface area (Å²) in [7, 11) is 1.83. The highest BCUT2D eigenvalue weighted by Crippen LogP contribution is 2.44. The molecule has 2 atom stereocenters. The van der Waals surface area contributed by atoms with Crippen LogP contribution in [-0.2, 0) is 4.74 Å². The fraction of sp³-hybridized carbons (Fsp3) is 0.917. The first-order valence-electron chi connectivity index (χ1n) is 6.40. The van der Waals surface area contributed by atoms with Crippen LogP contribution in [0.2, 0.25) is 0 Å². The lowest BCUT2D eigenvalue weighted by atomic mass is 9.78. The molecule has 0 radical (unpaired) electrons. The van der Waals surface area contributed by atoms with Gasteiger partial charge < -0.3 is 15.4 Å². The highest BCUT2D eigenvalue weighted by Gasteiger charge is 2.54. The van der Waals surface area contributed by atoms with E-state index in [9.17, 15) is 0 Å². The Kier molecular flexibility index (Phi) is 2.35. The molecule has 2 fully saturated rings. The van der Waals surface area contributed by atoms with Crippen LogP contribution in [0.1, 0.15) is 38.5 Å². The number of hydrogen-bond donors (Lipinski definition) is 1. The van der Waals surface area contributed by atoms with Gasteiger partial charge in [-0.15, -0.1) is 0 Å². The zero-order chi connectivity index (χ0) is 11.2. The lowest BCUT2D eigenvalue weighted by Crippen LogP contribution is -2.61. The van der Waals surface area contributed by atoms with E-state index in [1.165, 1.54) is 32.1 Å². The Hall–Kier alpha value is -0.770. The Labute approximate surface area is 96.8 Å². The van der Waals surface area contributed by atoms with Crippen molar-refractivity contribution >= 4 is 5.96 Å². The number of aliphatic imine (C=N–C) groups is 1. The summed E-state index contributed by atoms with van der Waals surface area (Å²) in [6, 6.07) is 0.641. The van der Waals surface area contributed by atoms with Gasteiger partial charge in [-0.2, -0.15) is 0 Å². The SMILES string of the molecule is COC1CCCCC12CN=C(N)N2C1CC1. The first-order valence-corrected chi connectivity index (χ1v) is 6.40. The third kappa shape index (κ3) is 1.35. The van der Waals surface area contributed by atoms with Gasteiger partial charge in [0.1, 0.15) is 0 Å². The quantitative estimate of drug-likeness (QED) is 0.763. The van der Waals surface area contributed by atoms with Crippen LogP contribution in [-0.4, -0.2) is 42.2 Å². The van der Waals surface area contributed by atoms with Gasteiger partial charge in [-0.05, 0) is 25.7 Å². The lowest BCUT2D eigenvalue weighted by Gasteiger charge is -2.47. The fourth-order valence-electron chi connectivity index (χ4n) is 3.47. The zero-order valence-electron chi connectivity index (χ0n) is 9.98. The first kappa shape index (κ1) is 10.4. The van der Waals surface area contributed by atoms with Gasteiger partial charge in [0.25, 0.3) is 0 Å². The number of hydrogen-bond acceptors (Lipinski definition) is 4. The van der Waals surface area contributed by atoms with E-state index in [-0.39, 0.29) is 5.54 Å². The summed E-state index contributed by atoms with van der Waals surface area (Å²) in [5, 5.41) is 0. The van der Waals surface area contributed by atoms with Crippen molar-refractivity contribution in [2.45, 2.75) is 56.2 Å². The van der Waals surface area contributed by atoms with Gasteiger partial charge in [-0.3, -0.25) is 4.99 Å². The minimum Gasteiger partial charge on any atom is -0.379 e. The van der Waals surface area contributed by atoms with Crippen molar-refractivity contribution in [1.29, 1.82) is 0 Å². The largest absolute Gasteiger partial charge is 0.379 e. The van der Waals surface area contributed by atoms with Crippen LogP contribution in [0.5, 0.6) is 0 Å². The monoisotopic (exact) mass is 223 g/mol. The van der Waals surface area contributed by atoms with Crippen LogP contribution < -0.4 is 5.73 Å². The predicted octanol–water partition coefficient (Wildman–Crippen LogP) is 1.11. The first-order chi connectivity index (χ1) is 7.78. The molecule has 90 valence electrons. The van der Waals surface area contributed by atoms with Gasteiger partial charge in [-0.25, -0.2) is 0 Å². The van der Waals surface area contributed by atoms with Gasteiger partial charge in [0.2, 0.25) is 0 Å². The summed E-state index contributed by atoms with van der Waals surface area (Å²) in [6.07, 6.45) is 7.76. The minimum absolute atomic E-state index is 0.0955. The standard InChI is InChI=1S/C12H21N3O/c1-16-10-4-2-3-7-12(10)8-14-11(13)15(12)9-5-6-9/h9-10H,2-8H2,1H3,(H2,13,14). The van der Waals surface area contributed by atoms with Crippen LogP contribution >= 0.6 is 0 Å². The van der Waals surface area contributed by atoms with E-state index in [1.807, 2.05) is 7.11 Å². The van der Waals surface area contributed by atoms with E-state index in [0.29, 0.717) is 12.1 Å². The zero-order valence-corrected chi connectivity index (χ0v) is 9.98. The molecule has 0 aromatic heterocycles. The summed E-state index contributed by atoms with van der Waals surface area (Å²) in [5.74, 6) is 0.756. The number of nitrogens with two attached hydrogens (primary N) is 1. The van der Waals surface area contributed by atoms with Crippen LogP contribution in [0, 0.1) is 0 Å². The van der Waals surface area contributed by atoms with E-state index in [2.05, 4.69) is 9.89 Å². The van der Waals surface area contributed by atoms with Gasteiger partial charge in [0.15, 0.2) is 5.96 Å². The van der Waals surface area contributed by atoms with Crippen LogP contribution in [0.3, 0.4) is 0 Å². The highest BCUT2D eigenvalue weighted by molar-refractivity contribution is 5.82. The second kappa shape index (κ2) is 3.62. The van der Waals surface area contributed by atoms with Crippen molar-refractivity contribution in [3.63, 3.8) is 0 Å². The normalized spacial score (nSPS) is 39.2. The average Bonchev–Trinajstić information content (AvgIpc) is 3.07. The summed E-state index contributed by atoms with van der Waals surface area (Å²) >= 11 is 0. The number of methoxy groups -OCH3 is 1. The van der Waals surface area contributed by atoms with Crippen molar-refractivity contribution in [1.82, 2.24) is 4.90 Å². The van der Waals surface area contributed by atoms with E-state index in [0.717, 1.165) is 18.9 Å². The molecule has 1 spiro atoms. The number of guanidine groups is 1. The molecular weight excluding hydrogens is 202 g/mol. The molecule has 16 heavy (non-hydrogen) atoms. The summed E-state index contributed by atoms with van der Waals surface area (Å²) in [5.41, 5.74) is 6.16. The van der Waals surface area contributed by atoms with E-state index in [4.69, 9.17) is 10.5 Å². The van der Waals surface area contributed by atoms with E-state index < -0.39 is 0 Å². The Morgan fingerprint density at radius 1 is 1.38 bits per heavy atom. The maximum Gasteiger partial charge on any atom is 0.192 e. The Morgan fingerprint density at radius 3 is 2.88 bits per heavy atom. The van der Waals surface area contributed by atoms with Crippen molar-refractivity contribution < 1.29 is 4.74 Å². The van der Waals surface area contributed by atoms with Crippen molar-refractivity contribution in [3.05, 3.63) is 0 Å². The molecule has 4 nitrogen and oxygen atoms in total. The maximum absolute atomic E-state index is 6.06. The molecule has 0 aromatic rings. The van der Waals surface area contributed by atoms with E-state index in [1.54, 1.807) is 0 Å². The smallest absolute Gasteiger partial charge is 0.192 e. The molecule has 2 N–H and O–H groups in total. The Bertz CT molecular complexity index is 313. The van der Waals surface area contributed by atoms with Crippen LogP contribution in [0.4, 0.5) is 0 Å². The molecule has 2 saturated carbocycles. The molecule has 4 heteroatoms. The highest BCUT2D eigenvalue weighted by atomic mass is 16.5. The minimum atomic E-state index is 0.0955. The third-order valence-corrected chi connectivity index (χ3v) is 4.36.